The Labute approximate surface area is 244 Å². The van der Waals surface area contributed by atoms with Gasteiger partial charge in [-0.3, -0.25) is 9.69 Å². The standard InChI is InChI=1S/C30H37N5O7/c1-17-12-35(18(2)15-36)29(37)23-11-22(31-30(38)32-28-19(3)33-42-20(28)4)7-9-24(23)41-27(17)14-34(5)13-21-6-8-25-26(10-21)40-16-39-25/h6-11,17-18,27,36H,12-16H2,1-5H3,(H2,31,32,38)/t17-,18+,27+/m1/s1. The molecular weight excluding hydrogens is 542 g/mol. The number of aryl methyl sites for hydroxylation is 2. The van der Waals surface area contributed by atoms with E-state index in [0.717, 1.165) is 17.1 Å². The van der Waals surface area contributed by atoms with Crippen LogP contribution in [0.1, 0.15) is 41.2 Å². The summed E-state index contributed by atoms with van der Waals surface area (Å²) in [4.78, 5) is 30.3. The number of urea groups is 1. The van der Waals surface area contributed by atoms with E-state index in [0.29, 0.717) is 53.8 Å². The predicted molar refractivity (Wildman–Crippen MR) is 155 cm³/mol. The van der Waals surface area contributed by atoms with Crippen molar-refractivity contribution in [2.75, 3.05) is 44.2 Å². The highest BCUT2D eigenvalue weighted by molar-refractivity contribution is 6.03. The van der Waals surface area contributed by atoms with Crippen molar-refractivity contribution in [3.8, 4) is 17.2 Å². The highest BCUT2D eigenvalue weighted by atomic mass is 16.7. The van der Waals surface area contributed by atoms with E-state index in [2.05, 4.69) is 20.7 Å². The number of aliphatic hydroxyl groups excluding tert-OH is 1. The minimum absolute atomic E-state index is 0.0334. The highest BCUT2D eigenvalue weighted by Gasteiger charge is 2.33. The molecule has 224 valence electrons. The molecule has 2 aliphatic heterocycles. The number of aromatic nitrogens is 1. The SMILES string of the molecule is Cc1noc(C)c1NC(=O)Nc1ccc2c(c1)C(=O)N([C@@H](C)CO)C[C@@H](C)[C@H](CN(C)Cc1ccc3c(c1)OCO3)O2. The number of rotatable bonds is 8. The molecule has 3 amide bonds. The van der Waals surface area contributed by atoms with E-state index in [1.807, 2.05) is 39.1 Å². The molecule has 2 aliphatic rings. The van der Waals surface area contributed by atoms with Crippen LogP contribution in [0.5, 0.6) is 17.2 Å². The summed E-state index contributed by atoms with van der Waals surface area (Å²) >= 11 is 0. The number of fused-ring (bicyclic) bond motifs is 2. The molecule has 12 nitrogen and oxygen atoms in total. The van der Waals surface area contributed by atoms with Crippen LogP contribution in [0.2, 0.25) is 0 Å². The zero-order valence-corrected chi connectivity index (χ0v) is 24.5. The van der Waals surface area contributed by atoms with Gasteiger partial charge in [-0.05, 0) is 63.7 Å². The van der Waals surface area contributed by atoms with Gasteiger partial charge >= 0.3 is 6.03 Å². The summed E-state index contributed by atoms with van der Waals surface area (Å²) in [6.07, 6.45) is -0.258. The number of amides is 3. The van der Waals surface area contributed by atoms with E-state index < -0.39 is 12.1 Å². The molecule has 0 fully saturated rings. The fourth-order valence-electron chi connectivity index (χ4n) is 5.18. The van der Waals surface area contributed by atoms with Gasteiger partial charge in [-0.1, -0.05) is 18.1 Å². The molecule has 2 aromatic carbocycles. The molecule has 3 aromatic rings. The number of carbonyl (C=O) groups is 2. The fourth-order valence-corrected chi connectivity index (χ4v) is 5.18. The summed E-state index contributed by atoms with van der Waals surface area (Å²) in [5, 5.41) is 19.3. The van der Waals surface area contributed by atoms with Crippen LogP contribution in [-0.2, 0) is 6.54 Å². The Morgan fingerprint density at radius 1 is 1.14 bits per heavy atom. The van der Waals surface area contributed by atoms with Gasteiger partial charge in [-0.25, -0.2) is 4.79 Å². The third-order valence-electron chi connectivity index (χ3n) is 7.58. The molecule has 0 saturated heterocycles. The molecule has 12 heteroatoms. The van der Waals surface area contributed by atoms with Crippen LogP contribution in [0.3, 0.4) is 0 Å². The van der Waals surface area contributed by atoms with Crippen LogP contribution >= 0.6 is 0 Å². The lowest BCUT2D eigenvalue weighted by Crippen LogP contribution is -2.49. The molecule has 3 heterocycles. The Morgan fingerprint density at radius 3 is 2.64 bits per heavy atom. The molecule has 5 rings (SSSR count). The topological polar surface area (TPSA) is 139 Å². The lowest BCUT2D eigenvalue weighted by molar-refractivity contribution is 0.0341. The van der Waals surface area contributed by atoms with Gasteiger partial charge in [0.2, 0.25) is 6.79 Å². The number of hydrogen-bond donors (Lipinski definition) is 3. The van der Waals surface area contributed by atoms with Crippen LogP contribution in [-0.4, -0.2) is 77.7 Å². The zero-order chi connectivity index (χ0) is 30.0. The summed E-state index contributed by atoms with van der Waals surface area (Å²) in [5.41, 5.74) is 2.85. The van der Waals surface area contributed by atoms with E-state index in [-0.39, 0.29) is 31.3 Å². The number of carbonyl (C=O) groups excluding carboxylic acids is 2. The second-order valence-corrected chi connectivity index (χ2v) is 11.0. The van der Waals surface area contributed by atoms with E-state index in [1.54, 1.807) is 36.9 Å². The van der Waals surface area contributed by atoms with Crippen molar-refractivity contribution in [2.45, 2.75) is 46.4 Å². The molecule has 0 unspecified atom stereocenters. The van der Waals surface area contributed by atoms with Crippen molar-refractivity contribution in [1.29, 1.82) is 0 Å². The van der Waals surface area contributed by atoms with Gasteiger partial charge in [0.25, 0.3) is 5.91 Å². The molecule has 0 saturated carbocycles. The van der Waals surface area contributed by atoms with E-state index in [1.165, 1.54) is 0 Å². The first-order valence-electron chi connectivity index (χ1n) is 13.9. The summed E-state index contributed by atoms with van der Waals surface area (Å²) in [6, 6.07) is 10.00. The molecule has 0 bridgehead atoms. The van der Waals surface area contributed by atoms with Crippen molar-refractivity contribution < 1.29 is 33.4 Å². The van der Waals surface area contributed by atoms with Crippen LogP contribution in [0.25, 0.3) is 0 Å². The molecule has 3 atom stereocenters. The highest BCUT2D eigenvalue weighted by Crippen LogP contribution is 2.34. The summed E-state index contributed by atoms with van der Waals surface area (Å²) in [5.74, 6) is 2.07. The van der Waals surface area contributed by atoms with Gasteiger partial charge in [0, 0.05) is 31.2 Å². The lowest BCUT2D eigenvalue weighted by atomic mass is 9.99. The van der Waals surface area contributed by atoms with Crippen molar-refractivity contribution in [3.63, 3.8) is 0 Å². The van der Waals surface area contributed by atoms with E-state index in [9.17, 15) is 14.7 Å². The number of likely N-dealkylation sites (N-methyl/N-ethyl adjacent to an activating group) is 1. The number of aliphatic hydroxyl groups is 1. The second kappa shape index (κ2) is 12.3. The van der Waals surface area contributed by atoms with Crippen LogP contribution in [0.15, 0.2) is 40.9 Å². The van der Waals surface area contributed by atoms with Gasteiger partial charge in [0.15, 0.2) is 17.3 Å². The fraction of sp³-hybridized carbons (Fsp3) is 0.433. The van der Waals surface area contributed by atoms with Crippen LogP contribution < -0.4 is 24.8 Å². The molecular formula is C30H37N5O7. The number of nitrogens with zero attached hydrogens (tertiary/aromatic N) is 3. The van der Waals surface area contributed by atoms with E-state index in [4.69, 9.17) is 18.7 Å². The van der Waals surface area contributed by atoms with Crippen LogP contribution in [0, 0.1) is 19.8 Å². The first-order chi connectivity index (χ1) is 20.1. The molecule has 1 aromatic heterocycles. The first-order valence-corrected chi connectivity index (χ1v) is 13.9. The van der Waals surface area contributed by atoms with Crippen molar-refractivity contribution in [3.05, 3.63) is 59.0 Å². The Balaban J connectivity index is 1.35. The number of anilines is 2. The third kappa shape index (κ3) is 6.29. The molecule has 0 aliphatic carbocycles. The van der Waals surface area contributed by atoms with Gasteiger partial charge in [0.05, 0.1) is 18.2 Å². The van der Waals surface area contributed by atoms with Gasteiger partial charge < -0.3 is 39.4 Å². The average molecular weight is 580 g/mol. The second-order valence-electron chi connectivity index (χ2n) is 11.0. The summed E-state index contributed by atoms with van der Waals surface area (Å²) < 4.78 is 22.5. The largest absolute Gasteiger partial charge is 0.488 e. The maximum Gasteiger partial charge on any atom is 0.323 e. The summed E-state index contributed by atoms with van der Waals surface area (Å²) in [6.45, 7) is 8.99. The summed E-state index contributed by atoms with van der Waals surface area (Å²) in [7, 11) is 2.02. The first kappa shape index (κ1) is 29.2. The van der Waals surface area contributed by atoms with Crippen LogP contribution in [0.4, 0.5) is 16.2 Å². The maximum absolute atomic E-state index is 13.7. The van der Waals surface area contributed by atoms with Crippen molar-refractivity contribution >= 4 is 23.3 Å². The quantitative estimate of drug-likeness (QED) is 0.361. The third-order valence-corrected chi connectivity index (χ3v) is 7.58. The van der Waals surface area contributed by atoms with E-state index >= 15 is 0 Å². The molecule has 42 heavy (non-hydrogen) atoms. The smallest absolute Gasteiger partial charge is 0.323 e. The molecule has 3 N–H and O–H groups in total. The van der Waals surface area contributed by atoms with Gasteiger partial charge in [-0.2, -0.15) is 0 Å². The minimum atomic E-state index is -0.499. The molecule has 0 spiro atoms. The Hall–Kier alpha value is -4.29. The van der Waals surface area contributed by atoms with Crippen molar-refractivity contribution in [1.82, 2.24) is 15.0 Å². The lowest BCUT2D eigenvalue weighted by Gasteiger charge is -2.38. The molecule has 0 radical (unpaired) electrons. The van der Waals surface area contributed by atoms with Gasteiger partial charge in [-0.15, -0.1) is 0 Å². The number of benzene rings is 2. The number of ether oxygens (including phenoxy) is 3. The monoisotopic (exact) mass is 579 g/mol. The number of nitrogens with one attached hydrogen (secondary N) is 2. The Morgan fingerprint density at radius 2 is 1.90 bits per heavy atom. The van der Waals surface area contributed by atoms with Crippen molar-refractivity contribution in [2.24, 2.45) is 5.92 Å². The maximum atomic E-state index is 13.7. The predicted octanol–water partition coefficient (Wildman–Crippen LogP) is 4.02. The van der Waals surface area contributed by atoms with Gasteiger partial charge in [0.1, 0.15) is 23.2 Å². The Kier molecular flexibility index (Phi) is 8.55. The Bertz CT molecular complexity index is 1440. The number of hydrogen-bond acceptors (Lipinski definition) is 9. The zero-order valence-electron chi connectivity index (χ0n) is 24.5. The minimum Gasteiger partial charge on any atom is -0.488 e. The normalized spacial score (nSPS) is 18.6. The average Bonchev–Trinajstić information content (AvgIpc) is 3.56.